The third-order valence-electron chi connectivity index (χ3n) is 3.51. The van der Waals surface area contributed by atoms with Crippen molar-refractivity contribution in [1.29, 1.82) is 0 Å². The van der Waals surface area contributed by atoms with Crippen LogP contribution < -0.4 is 5.73 Å². The molecule has 1 aliphatic rings. The molecule has 1 rings (SSSR count). The van der Waals surface area contributed by atoms with E-state index < -0.39 is 0 Å². The van der Waals surface area contributed by atoms with Crippen LogP contribution >= 0.6 is 0 Å². The predicted octanol–water partition coefficient (Wildman–Crippen LogP) is 0.856. The fourth-order valence-corrected chi connectivity index (χ4v) is 2.47. The Bertz CT molecular complexity index is 293. The molecule has 0 aliphatic carbocycles. The van der Waals surface area contributed by atoms with Crippen molar-refractivity contribution in [2.24, 2.45) is 11.7 Å². The lowest BCUT2D eigenvalue weighted by Gasteiger charge is -2.25. The summed E-state index contributed by atoms with van der Waals surface area (Å²) >= 11 is 0. The second-order valence-electron chi connectivity index (χ2n) is 4.99. The van der Waals surface area contributed by atoms with Crippen molar-refractivity contribution in [3.63, 3.8) is 0 Å². The zero-order valence-electron chi connectivity index (χ0n) is 11.3. The molecule has 1 fully saturated rings. The van der Waals surface area contributed by atoms with Gasteiger partial charge >= 0.3 is 0 Å². The summed E-state index contributed by atoms with van der Waals surface area (Å²) in [6.45, 7) is 12.8. The molecule has 2 atom stereocenters. The molecule has 0 bridgehead atoms. The Hall–Kier alpha value is -1.13. The van der Waals surface area contributed by atoms with Gasteiger partial charge in [-0.05, 0) is 25.8 Å². The van der Waals surface area contributed by atoms with Crippen molar-refractivity contribution in [2.45, 2.75) is 19.4 Å². The van der Waals surface area contributed by atoms with E-state index >= 15 is 0 Å². The molecular formula is C14H25N3O. The van der Waals surface area contributed by atoms with Crippen molar-refractivity contribution in [3.05, 3.63) is 25.3 Å². The van der Waals surface area contributed by atoms with Gasteiger partial charge in [-0.1, -0.05) is 12.2 Å². The Kier molecular flexibility index (Phi) is 6.09. The first-order valence-corrected chi connectivity index (χ1v) is 6.56. The number of carbonyl (C=O) groups is 1. The molecule has 4 nitrogen and oxygen atoms in total. The summed E-state index contributed by atoms with van der Waals surface area (Å²) in [5, 5.41) is 0. The summed E-state index contributed by atoms with van der Waals surface area (Å²) in [5.74, 6) is 0.666. The van der Waals surface area contributed by atoms with Crippen LogP contribution in [0.25, 0.3) is 0 Å². The fraction of sp³-hybridized carbons (Fsp3) is 0.643. The number of nitrogens with zero attached hydrogens (tertiary/aromatic N) is 2. The summed E-state index contributed by atoms with van der Waals surface area (Å²) in [6, 6.07) is 0.441. The summed E-state index contributed by atoms with van der Waals surface area (Å²) in [5.41, 5.74) is 5.70. The molecule has 102 valence electrons. The molecule has 0 spiro atoms. The number of hydrogen-bond donors (Lipinski definition) is 1. The Morgan fingerprint density at radius 1 is 1.44 bits per heavy atom. The van der Waals surface area contributed by atoms with E-state index in [1.165, 1.54) is 0 Å². The minimum absolute atomic E-state index is 0.138. The zero-order chi connectivity index (χ0) is 13.5. The SMILES string of the molecule is C=CCN(CC=C)C(=O)CN1CC(CN)CC1C. The van der Waals surface area contributed by atoms with Gasteiger partial charge in [0.2, 0.25) is 5.91 Å². The van der Waals surface area contributed by atoms with Crippen molar-refractivity contribution in [2.75, 3.05) is 32.7 Å². The predicted molar refractivity (Wildman–Crippen MR) is 75.2 cm³/mol. The normalized spacial score (nSPS) is 23.9. The van der Waals surface area contributed by atoms with Gasteiger partial charge in [0.05, 0.1) is 6.54 Å². The molecule has 1 heterocycles. The maximum atomic E-state index is 12.2. The van der Waals surface area contributed by atoms with Gasteiger partial charge in [-0.2, -0.15) is 0 Å². The molecule has 1 aliphatic heterocycles. The fourth-order valence-electron chi connectivity index (χ4n) is 2.47. The molecule has 4 heteroatoms. The molecule has 1 saturated heterocycles. The van der Waals surface area contributed by atoms with Gasteiger partial charge in [0.15, 0.2) is 0 Å². The second-order valence-corrected chi connectivity index (χ2v) is 4.99. The average Bonchev–Trinajstić information content (AvgIpc) is 2.70. The highest BCUT2D eigenvalue weighted by Crippen LogP contribution is 2.21. The molecule has 0 aromatic rings. The lowest BCUT2D eigenvalue weighted by atomic mass is 10.1. The topological polar surface area (TPSA) is 49.6 Å². The molecule has 0 saturated carbocycles. The van der Waals surface area contributed by atoms with E-state index in [0.29, 0.717) is 38.1 Å². The van der Waals surface area contributed by atoms with Gasteiger partial charge in [-0.25, -0.2) is 0 Å². The van der Waals surface area contributed by atoms with Gasteiger partial charge < -0.3 is 10.6 Å². The summed E-state index contributed by atoms with van der Waals surface area (Å²) < 4.78 is 0. The Morgan fingerprint density at radius 2 is 2.06 bits per heavy atom. The van der Waals surface area contributed by atoms with Crippen LogP contribution in [0.3, 0.4) is 0 Å². The largest absolute Gasteiger partial charge is 0.334 e. The van der Waals surface area contributed by atoms with E-state index in [4.69, 9.17) is 5.73 Å². The minimum atomic E-state index is 0.138. The number of likely N-dealkylation sites (tertiary alicyclic amines) is 1. The van der Waals surface area contributed by atoms with Crippen LogP contribution in [-0.2, 0) is 4.79 Å². The monoisotopic (exact) mass is 251 g/mol. The lowest BCUT2D eigenvalue weighted by Crippen LogP contribution is -2.42. The molecule has 0 aromatic heterocycles. The van der Waals surface area contributed by atoms with Crippen molar-refractivity contribution >= 4 is 5.91 Å². The summed E-state index contributed by atoms with van der Waals surface area (Å²) in [7, 11) is 0. The van der Waals surface area contributed by atoms with E-state index in [2.05, 4.69) is 25.0 Å². The highest BCUT2D eigenvalue weighted by Gasteiger charge is 2.30. The van der Waals surface area contributed by atoms with E-state index in [-0.39, 0.29) is 5.91 Å². The van der Waals surface area contributed by atoms with Crippen molar-refractivity contribution in [3.8, 4) is 0 Å². The highest BCUT2D eigenvalue weighted by molar-refractivity contribution is 5.78. The first kappa shape index (κ1) is 14.9. The minimum Gasteiger partial charge on any atom is -0.334 e. The maximum absolute atomic E-state index is 12.2. The molecule has 1 amide bonds. The Labute approximate surface area is 110 Å². The smallest absolute Gasteiger partial charge is 0.237 e. The van der Waals surface area contributed by atoms with Crippen LogP contribution in [-0.4, -0.2) is 54.5 Å². The average molecular weight is 251 g/mol. The van der Waals surface area contributed by atoms with Crippen LogP contribution in [0.4, 0.5) is 0 Å². The number of hydrogen-bond acceptors (Lipinski definition) is 3. The van der Waals surface area contributed by atoms with Crippen LogP contribution in [0.15, 0.2) is 25.3 Å². The van der Waals surface area contributed by atoms with E-state index in [0.717, 1.165) is 13.0 Å². The van der Waals surface area contributed by atoms with Crippen LogP contribution in [0.2, 0.25) is 0 Å². The lowest BCUT2D eigenvalue weighted by molar-refractivity contribution is -0.131. The first-order chi connectivity index (χ1) is 8.62. The van der Waals surface area contributed by atoms with Gasteiger partial charge in [0.1, 0.15) is 0 Å². The zero-order valence-corrected chi connectivity index (χ0v) is 11.3. The third-order valence-corrected chi connectivity index (χ3v) is 3.51. The van der Waals surface area contributed by atoms with Crippen LogP contribution in [0.5, 0.6) is 0 Å². The second kappa shape index (κ2) is 7.34. The number of amides is 1. The standard InChI is InChI=1S/C14H25N3O/c1-4-6-16(7-5-2)14(18)11-17-10-13(9-15)8-12(17)3/h4-5,12-13H,1-2,6-11,15H2,3H3. The third kappa shape index (κ3) is 3.96. The van der Waals surface area contributed by atoms with Gasteiger partial charge in [-0.3, -0.25) is 9.69 Å². The highest BCUT2D eigenvalue weighted by atomic mass is 16.2. The van der Waals surface area contributed by atoms with Crippen LogP contribution in [0.1, 0.15) is 13.3 Å². The number of carbonyl (C=O) groups excluding carboxylic acids is 1. The van der Waals surface area contributed by atoms with Gasteiger partial charge in [0, 0.05) is 25.7 Å². The summed E-state index contributed by atoms with van der Waals surface area (Å²) in [4.78, 5) is 16.2. The molecular weight excluding hydrogens is 226 g/mol. The van der Waals surface area contributed by atoms with E-state index in [1.807, 2.05) is 0 Å². The maximum Gasteiger partial charge on any atom is 0.237 e. The molecule has 2 N–H and O–H groups in total. The molecule has 0 aromatic carbocycles. The Balaban J connectivity index is 2.52. The van der Waals surface area contributed by atoms with Crippen LogP contribution in [0, 0.1) is 5.92 Å². The molecule has 2 unspecified atom stereocenters. The van der Waals surface area contributed by atoms with Crippen molar-refractivity contribution in [1.82, 2.24) is 9.80 Å². The number of nitrogens with two attached hydrogens (primary N) is 1. The molecule has 18 heavy (non-hydrogen) atoms. The number of rotatable bonds is 7. The quantitative estimate of drug-likeness (QED) is 0.683. The van der Waals surface area contributed by atoms with E-state index in [1.54, 1.807) is 17.1 Å². The van der Waals surface area contributed by atoms with Crippen molar-refractivity contribution < 1.29 is 4.79 Å². The first-order valence-electron chi connectivity index (χ1n) is 6.56. The van der Waals surface area contributed by atoms with Gasteiger partial charge in [-0.15, -0.1) is 13.2 Å². The molecule has 0 radical (unpaired) electrons. The van der Waals surface area contributed by atoms with E-state index in [9.17, 15) is 4.79 Å². The summed E-state index contributed by atoms with van der Waals surface area (Å²) in [6.07, 6.45) is 4.59. The van der Waals surface area contributed by atoms with Gasteiger partial charge in [0.25, 0.3) is 0 Å². The Morgan fingerprint density at radius 3 is 2.50 bits per heavy atom.